The summed E-state index contributed by atoms with van der Waals surface area (Å²) in [5, 5.41) is 0. The minimum atomic E-state index is -0.284. The molecule has 0 spiro atoms. The lowest BCUT2D eigenvalue weighted by Gasteiger charge is -2.32. The third-order valence-electron chi connectivity index (χ3n) is 4.50. The van der Waals surface area contributed by atoms with Crippen molar-refractivity contribution < 1.29 is 9.18 Å². The minimum Gasteiger partial charge on any atom is -0.398 e. The molecule has 1 aliphatic rings. The highest BCUT2D eigenvalue weighted by molar-refractivity contribution is 5.82. The fourth-order valence-corrected chi connectivity index (χ4v) is 3.15. The lowest BCUT2D eigenvalue weighted by Crippen LogP contribution is -2.40. The lowest BCUT2D eigenvalue weighted by molar-refractivity contribution is -0.129. The Kier molecular flexibility index (Phi) is 4.69. The second-order valence-electron chi connectivity index (χ2n) is 6.21. The standard InChI is InChI=1S/C19H22FN3O/c1-22(12-14-6-2-3-8-16(14)20)19(24)13-23-11-5-7-15-17(21)9-4-10-18(15)23/h2-4,6,8-10H,5,7,11-13,21H2,1H3. The van der Waals surface area contributed by atoms with Gasteiger partial charge < -0.3 is 15.5 Å². The molecule has 2 aromatic carbocycles. The van der Waals surface area contributed by atoms with E-state index in [0.717, 1.165) is 36.3 Å². The SMILES string of the molecule is CN(Cc1ccccc1F)C(=O)CN1CCCc2c(N)cccc21. The Morgan fingerprint density at radius 2 is 2.04 bits per heavy atom. The Morgan fingerprint density at radius 3 is 2.83 bits per heavy atom. The summed E-state index contributed by atoms with van der Waals surface area (Å²) in [6.07, 6.45) is 1.92. The smallest absolute Gasteiger partial charge is 0.242 e. The number of carbonyl (C=O) groups excluding carboxylic acids is 1. The van der Waals surface area contributed by atoms with Gasteiger partial charge >= 0.3 is 0 Å². The predicted octanol–water partition coefficient (Wildman–Crippen LogP) is 2.82. The molecule has 5 heteroatoms. The quantitative estimate of drug-likeness (QED) is 0.879. The van der Waals surface area contributed by atoms with Crippen LogP contribution in [0.25, 0.3) is 0 Å². The van der Waals surface area contributed by atoms with E-state index in [9.17, 15) is 9.18 Å². The Balaban J connectivity index is 1.70. The lowest BCUT2D eigenvalue weighted by atomic mass is 10.00. The molecule has 4 nitrogen and oxygen atoms in total. The number of benzene rings is 2. The van der Waals surface area contributed by atoms with Crippen molar-refractivity contribution in [3.63, 3.8) is 0 Å². The van der Waals surface area contributed by atoms with Gasteiger partial charge in [0, 0.05) is 37.1 Å². The van der Waals surface area contributed by atoms with Crippen LogP contribution in [0.3, 0.4) is 0 Å². The number of likely N-dealkylation sites (N-methyl/N-ethyl adjacent to an activating group) is 1. The van der Waals surface area contributed by atoms with E-state index in [4.69, 9.17) is 5.73 Å². The molecule has 0 radical (unpaired) electrons. The molecule has 1 heterocycles. The number of hydrogen-bond donors (Lipinski definition) is 1. The van der Waals surface area contributed by atoms with E-state index in [1.54, 1.807) is 30.1 Å². The van der Waals surface area contributed by atoms with Crippen molar-refractivity contribution in [1.29, 1.82) is 0 Å². The van der Waals surface area contributed by atoms with Crippen LogP contribution in [0.5, 0.6) is 0 Å². The summed E-state index contributed by atoms with van der Waals surface area (Å²) in [5.74, 6) is -0.318. The topological polar surface area (TPSA) is 49.6 Å². The van der Waals surface area contributed by atoms with E-state index in [1.165, 1.54) is 6.07 Å². The maximum atomic E-state index is 13.8. The first-order chi connectivity index (χ1) is 11.6. The van der Waals surface area contributed by atoms with Crippen LogP contribution in [0.1, 0.15) is 17.5 Å². The van der Waals surface area contributed by atoms with Crippen molar-refractivity contribution in [1.82, 2.24) is 4.90 Å². The number of nitrogen functional groups attached to an aromatic ring is 1. The maximum Gasteiger partial charge on any atom is 0.242 e. The molecule has 0 aromatic heterocycles. The van der Waals surface area contributed by atoms with Gasteiger partial charge in [0.25, 0.3) is 0 Å². The summed E-state index contributed by atoms with van der Waals surface area (Å²) >= 11 is 0. The van der Waals surface area contributed by atoms with Crippen molar-refractivity contribution in [2.45, 2.75) is 19.4 Å². The molecule has 0 aliphatic carbocycles. The molecule has 2 N–H and O–H groups in total. The maximum absolute atomic E-state index is 13.8. The number of halogens is 1. The van der Waals surface area contributed by atoms with Gasteiger partial charge in [0.05, 0.1) is 6.54 Å². The number of rotatable bonds is 4. The van der Waals surface area contributed by atoms with Gasteiger partial charge in [-0.1, -0.05) is 24.3 Å². The zero-order chi connectivity index (χ0) is 17.1. The molecular formula is C19H22FN3O. The molecule has 0 saturated heterocycles. The number of carbonyl (C=O) groups is 1. The molecule has 0 saturated carbocycles. The molecule has 0 atom stereocenters. The van der Waals surface area contributed by atoms with Crippen LogP contribution in [-0.2, 0) is 17.8 Å². The zero-order valence-electron chi connectivity index (χ0n) is 13.8. The Hall–Kier alpha value is -2.56. The minimum absolute atomic E-state index is 0.0338. The van der Waals surface area contributed by atoms with E-state index >= 15 is 0 Å². The van der Waals surface area contributed by atoms with E-state index in [-0.39, 0.29) is 24.8 Å². The van der Waals surface area contributed by atoms with Crippen molar-refractivity contribution in [3.05, 3.63) is 59.4 Å². The predicted molar refractivity (Wildman–Crippen MR) is 94.3 cm³/mol. The Bertz CT molecular complexity index is 747. The van der Waals surface area contributed by atoms with Gasteiger partial charge in [0.1, 0.15) is 5.82 Å². The average molecular weight is 327 g/mol. The number of hydrogen-bond acceptors (Lipinski definition) is 3. The fraction of sp³-hybridized carbons (Fsp3) is 0.316. The highest BCUT2D eigenvalue weighted by atomic mass is 19.1. The number of fused-ring (bicyclic) bond motifs is 1. The summed E-state index contributed by atoms with van der Waals surface area (Å²) in [6, 6.07) is 12.4. The summed E-state index contributed by atoms with van der Waals surface area (Å²) < 4.78 is 13.8. The third kappa shape index (κ3) is 3.35. The molecule has 0 fully saturated rings. The van der Waals surface area contributed by atoms with Gasteiger partial charge in [-0.3, -0.25) is 4.79 Å². The van der Waals surface area contributed by atoms with Gasteiger partial charge in [-0.15, -0.1) is 0 Å². The highest BCUT2D eigenvalue weighted by Crippen LogP contribution is 2.31. The monoisotopic (exact) mass is 327 g/mol. The average Bonchev–Trinajstić information content (AvgIpc) is 2.58. The molecule has 3 rings (SSSR count). The Morgan fingerprint density at radius 1 is 1.25 bits per heavy atom. The van der Waals surface area contributed by atoms with Gasteiger partial charge in [-0.05, 0) is 36.6 Å². The van der Waals surface area contributed by atoms with E-state index in [2.05, 4.69) is 4.90 Å². The van der Waals surface area contributed by atoms with Crippen LogP contribution >= 0.6 is 0 Å². The zero-order valence-corrected chi connectivity index (χ0v) is 13.8. The second kappa shape index (κ2) is 6.91. The first-order valence-electron chi connectivity index (χ1n) is 8.16. The van der Waals surface area contributed by atoms with Crippen molar-refractivity contribution in [2.75, 3.05) is 30.8 Å². The summed E-state index contributed by atoms with van der Waals surface area (Å²) in [6.45, 7) is 1.38. The van der Waals surface area contributed by atoms with Crippen LogP contribution in [-0.4, -0.2) is 30.9 Å². The van der Waals surface area contributed by atoms with Gasteiger partial charge in [-0.2, -0.15) is 0 Å². The fourth-order valence-electron chi connectivity index (χ4n) is 3.15. The summed E-state index contributed by atoms with van der Waals surface area (Å²) in [4.78, 5) is 16.2. The van der Waals surface area contributed by atoms with E-state index in [1.807, 2.05) is 18.2 Å². The van der Waals surface area contributed by atoms with E-state index in [0.29, 0.717) is 5.56 Å². The van der Waals surface area contributed by atoms with Crippen molar-refractivity contribution >= 4 is 17.3 Å². The third-order valence-corrected chi connectivity index (χ3v) is 4.50. The van der Waals surface area contributed by atoms with Crippen LogP contribution < -0.4 is 10.6 Å². The number of amides is 1. The largest absolute Gasteiger partial charge is 0.398 e. The molecule has 2 aromatic rings. The molecule has 0 bridgehead atoms. The first kappa shape index (κ1) is 16.3. The van der Waals surface area contributed by atoms with Gasteiger partial charge in [0.2, 0.25) is 5.91 Å². The normalized spacial score (nSPS) is 13.5. The van der Waals surface area contributed by atoms with Crippen LogP contribution in [0.4, 0.5) is 15.8 Å². The highest BCUT2D eigenvalue weighted by Gasteiger charge is 2.22. The number of nitrogens with zero attached hydrogens (tertiary/aromatic N) is 2. The molecule has 126 valence electrons. The van der Waals surface area contributed by atoms with E-state index < -0.39 is 0 Å². The molecular weight excluding hydrogens is 305 g/mol. The Labute approximate surface area is 141 Å². The molecule has 1 aliphatic heterocycles. The van der Waals surface area contributed by atoms with Gasteiger partial charge in [-0.25, -0.2) is 4.39 Å². The van der Waals surface area contributed by atoms with Crippen molar-refractivity contribution in [2.24, 2.45) is 0 Å². The second-order valence-corrected chi connectivity index (χ2v) is 6.21. The first-order valence-corrected chi connectivity index (χ1v) is 8.16. The van der Waals surface area contributed by atoms with Crippen LogP contribution in [0.15, 0.2) is 42.5 Å². The summed E-state index contributed by atoms with van der Waals surface area (Å²) in [7, 11) is 1.71. The molecule has 1 amide bonds. The molecule has 0 unspecified atom stereocenters. The van der Waals surface area contributed by atoms with Crippen molar-refractivity contribution in [3.8, 4) is 0 Å². The van der Waals surface area contributed by atoms with Crippen LogP contribution in [0.2, 0.25) is 0 Å². The molecule has 24 heavy (non-hydrogen) atoms. The number of anilines is 2. The number of nitrogens with two attached hydrogens (primary N) is 1. The van der Waals surface area contributed by atoms with Gasteiger partial charge in [0.15, 0.2) is 0 Å². The summed E-state index contributed by atoms with van der Waals surface area (Å²) in [5.41, 5.74) is 9.51. The van der Waals surface area contributed by atoms with Crippen LogP contribution in [0, 0.1) is 5.82 Å².